The highest BCUT2D eigenvalue weighted by atomic mass is 32.2. The van der Waals surface area contributed by atoms with E-state index in [4.69, 9.17) is 14.2 Å². The van der Waals surface area contributed by atoms with Gasteiger partial charge in [0.1, 0.15) is 13.2 Å². The van der Waals surface area contributed by atoms with Gasteiger partial charge in [-0.05, 0) is 24.6 Å². The van der Waals surface area contributed by atoms with Gasteiger partial charge in [0.25, 0.3) is 0 Å². The summed E-state index contributed by atoms with van der Waals surface area (Å²) in [7, 11) is 1.54. The van der Waals surface area contributed by atoms with E-state index in [0.29, 0.717) is 52.3 Å². The van der Waals surface area contributed by atoms with Crippen molar-refractivity contribution in [3.05, 3.63) is 60.3 Å². The number of benzene rings is 1. The topological polar surface area (TPSA) is 77.4 Å². The second-order valence-corrected chi connectivity index (χ2v) is 7.62. The van der Waals surface area contributed by atoms with Gasteiger partial charge in [-0.1, -0.05) is 43.1 Å². The van der Waals surface area contributed by atoms with Crippen LogP contribution < -0.4 is 9.47 Å². The minimum Gasteiger partial charge on any atom is -0.493 e. The third-order valence-corrected chi connectivity index (χ3v) is 5.57. The van der Waals surface area contributed by atoms with E-state index in [9.17, 15) is 9.59 Å². The van der Waals surface area contributed by atoms with Gasteiger partial charge < -0.3 is 14.2 Å². The molecule has 1 amide bonds. The van der Waals surface area contributed by atoms with Crippen molar-refractivity contribution >= 4 is 28.8 Å². The fraction of sp³-hybridized carbons (Fsp3) is 0.318. The van der Waals surface area contributed by atoms with Crippen molar-refractivity contribution in [2.75, 3.05) is 26.1 Å². The number of hydrogen-bond acceptors (Lipinski definition) is 7. The van der Waals surface area contributed by atoms with Gasteiger partial charge in [0.05, 0.1) is 24.4 Å². The highest BCUT2D eigenvalue weighted by molar-refractivity contribution is 8.14. The number of methoxy groups -OCH3 is 1. The molecule has 1 fully saturated rings. The molecule has 1 atom stereocenters. The van der Waals surface area contributed by atoms with E-state index >= 15 is 0 Å². The van der Waals surface area contributed by atoms with Crippen molar-refractivity contribution in [2.24, 2.45) is 4.99 Å². The molecule has 0 N–H and O–H groups in total. The van der Waals surface area contributed by atoms with Gasteiger partial charge in [-0.3, -0.25) is 9.69 Å². The standard InChI is InChI=1S/C22H24N2O5S/c1-5-10-28-16-8-7-15(13-17(16)27-4)20-19(21(26)29-11-6-2)14(3)23-22-24(20)18(25)9-12-30-22/h5-8,13,20H,1-2,9-12H2,3-4H3/t20-/m0/s1. The minimum atomic E-state index is -0.669. The zero-order valence-electron chi connectivity index (χ0n) is 17.1. The molecule has 158 valence electrons. The van der Waals surface area contributed by atoms with Crippen LogP contribution >= 0.6 is 11.8 Å². The van der Waals surface area contributed by atoms with Gasteiger partial charge in [0.2, 0.25) is 5.91 Å². The number of amidine groups is 1. The summed E-state index contributed by atoms with van der Waals surface area (Å²) in [5.74, 6) is 1.07. The number of hydrogen-bond donors (Lipinski definition) is 0. The van der Waals surface area contributed by atoms with Gasteiger partial charge in [-0.2, -0.15) is 0 Å². The molecule has 2 heterocycles. The lowest BCUT2D eigenvalue weighted by molar-refractivity contribution is -0.139. The fourth-order valence-corrected chi connectivity index (χ4v) is 4.31. The van der Waals surface area contributed by atoms with E-state index in [1.54, 1.807) is 30.0 Å². The average Bonchev–Trinajstić information content (AvgIpc) is 2.75. The van der Waals surface area contributed by atoms with Gasteiger partial charge in [-0.15, -0.1) is 0 Å². The van der Waals surface area contributed by atoms with Crippen LogP contribution in [0.1, 0.15) is 24.9 Å². The zero-order valence-corrected chi connectivity index (χ0v) is 17.9. The molecule has 2 aliphatic heterocycles. The van der Waals surface area contributed by atoms with Crippen molar-refractivity contribution in [1.29, 1.82) is 0 Å². The Morgan fingerprint density at radius 3 is 2.77 bits per heavy atom. The predicted molar refractivity (Wildman–Crippen MR) is 117 cm³/mol. The fourth-order valence-electron chi connectivity index (χ4n) is 3.31. The molecule has 2 aliphatic rings. The van der Waals surface area contributed by atoms with Gasteiger partial charge >= 0.3 is 5.97 Å². The number of nitrogens with zero attached hydrogens (tertiary/aromatic N) is 2. The Morgan fingerprint density at radius 1 is 1.30 bits per heavy atom. The number of amides is 1. The largest absolute Gasteiger partial charge is 0.493 e. The minimum absolute atomic E-state index is 0.0687. The molecule has 0 aromatic heterocycles. The maximum atomic E-state index is 12.9. The second-order valence-electron chi connectivity index (χ2n) is 6.56. The lowest BCUT2D eigenvalue weighted by Gasteiger charge is -2.39. The molecule has 7 nitrogen and oxygen atoms in total. The van der Waals surface area contributed by atoms with E-state index in [1.165, 1.54) is 24.9 Å². The van der Waals surface area contributed by atoms with Crippen LogP contribution in [0, 0.1) is 0 Å². The van der Waals surface area contributed by atoms with E-state index in [1.807, 2.05) is 6.07 Å². The lowest BCUT2D eigenvalue weighted by Crippen LogP contribution is -2.45. The third-order valence-electron chi connectivity index (χ3n) is 4.62. The molecule has 0 saturated carbocycles. The van der Waals surface area contributed by atoms with E-state index < -0.39 is 12.0 Å². The Bertz CT molecular complexity index is 937. The molecule has 3 rings (SSSR count). The molecule has 0 bridgehead atoms. The Balaban J connectivity index is 2.10. The van der Waals surface area contributed by atoms with Crippen molar-refractivity contribution < 1.29 is 23.8 Å². The highest BCUT2D eigenvalue weighted by Crippen LogP contribution is 2.42. The molecule has 0 aliphatic carbocycles. The lowest BCUT2D eigenvalue weighted by atomic mass is 9.94. The number of rotatable bonds is 8. The van der Waals surface area contributed by atoms with Crippen LogP contribution in [-0.2, 0) is 14.3 Å². The second kappa shape index (κ2) is 9.67. The normalized spacial score (nSPS) is 18.3. The van der Waals surface area contributed by atoms with Crippen molar-refractivity contribution in [2.45, 2.75) is 19.4 Å². The summed E-state index contributed by atoms with van der Waals surface area (Å²) in [6, 6.07) is 4.67. The monoisotopic (exact) mass is 428 g/mol. The molecule has 1 aromatic carbocycles. The summed E-state index contributed by atoms with van der Waals surface area (Å²) in [6.07, 6.45) is 3.50. The number of allylic oxidation sites excluding steroid dienone is 1. The van der Waals surface area contributed by atoms with Gasteiger partial charge in [0.15, 0.2) is 16.7 Å². The predicted octanol–water partition coefficient (Wildman–Crippen LogP) is 3.64. The first-order valence-electron chi connectivity index (χ1n) is 9.45. The number of ether oxygens (including phenoxy) is 3. The molecule has 1 saturated heterocycles. The molecule has 8 heteroatoms. The van der Waals surface area contributed by atoms with Crippen LogP contribution in [0.25, 0.3) is 0 Å². The van der Waals surface area contributed by atoms with E-state index in [-0.39, 0.29) is 12.5 Å². The van der Waals surface area contributed by atoms with Crippen LogP contribution in [0.2, 0.25) is 0 Å². The number of thioether (sulfide) groups is 1. The number of fused-ring (bicyclic) bond motifs is 1. The molecule has 0 spiro atoms. The van der Waals surface area contributed by atoms with Crippen LogP contribution in [0.5, 0.6) is 11.5 Å². The Kier molecular flexibility index (Phi) is 6.99. The number of carbonyl (C=O) groups is 2. The summed E-state index contributed by atoms with van der Waals surface area (Å²) in [5, 5.41) is 0.583. The SMILES string of the molecule is C=CCOC(=O)C1=C(C)N=C2SCCC(=O)N2[C@H]1c1ccc(OCC=C)c(OC)c1. The van der Waals surface area contributed by atoms with Crippen molar-refractivity contribution in [1.82, 2.24) is 4.90 Å². The first kappa shape index (κ1) is 21.7. The average molecular weight is 429 g/mol. The van der Waals surface area contributed by atoms with Crippen LogP contribution in [0.3, 0.4) is 0 Å². The Morgan fingerprint density at radius 2 is 2.07 bits per heavy atom. The molecule has 0 unspecified atom stereocenters. The van der Waals surface area contributed by atoms with E-state index in [2.05, 4.69) is 18.2 Å². The van der Waals surface area contributed by atoms with Crippen LogP contribution in [0.15, 0.2) is 59.8 Å². The van der Waals surface area contributed by atoms with Crippen molar-refractivity contribution in [3.8, 4) is 11.5 Å². The van der Waals surface area contributed by atoms with Gasteiger partial charge in [-0.25, -0.2) is 9.79 Å². The third kappa shape index (κ3) is 4.28. The molecule has 1 aromatic rings. The first-order chi connectivity index (χ1) is 14.5. The van der Waals surface area contributed by atoms with E-state index in [0.717, 1.165) is 0 Å². The molecule has 0 radical (unpaired) electrons. The Labute approximate surface area is 180 Å². The highest BCUT2D eigenvalue weighted by Gasteiger charge is 2.41. The summed E-state index contributed by atoms with van der Waals surface area (Å²) in [4.78, 5) is 31.8. The maximum absolute atomic E-state index is 12.9. The zero-order chi connectivity index (χ0) is 21.7. The van der Waals surface area contributed by atoms with Crippen LogP contribution in [0.4, 0.5) is 0 Å². The number of esters is 1. The summed E-state index contributed by atoms with van der Waals surface area (Å²) < 4.78 is 16.4. The summed E-state index contributed by atoms with van der Waals surface area (Å²) in [6.45, 7) is 9.38. The quantitative estimate of drug-likeness (QED) is 0.465. The Hall–Kier alpha value is -3.00. The molecular weight excluding hydrogens is 404 g/mol. The van der Waals surface area contributed by atoms with Crippen LogP contribution in [-0.4, -0.2) is 48.0 Å². The summed E-state index contributed by atoms with van der Waals surface area (Å²) in [5.41, 5.74) is 1.54. The first-order valence-corrected chi connectivity index (χ1v) is 10.4. The maximum Gasteiger partial charge on any atom is 0.338 e. The van der Waals surface area contributed by atoms with Gasteiger partial charge in [0, 0.05) is 12.2 Å². The molecule has 30 heavy (non-hydrogen) atoms. The smallest absolute Gasteiger partial charge is 0.338 e. The van der Waals surface area contributed by atoms with Crippen molar-refractivity contribution in [3.63, 3.8) is 0 Å². The molecular formula is C22H24N2O5S. The number of carbonyl (C=O) groups excluding carboxylic acids is 2. The number of aliphatic imine (C=N–C) groups is 1. The summed E-state index contributed by atoms with van der Waals surface area (Å²) >= 11 is 1.49.